The average molecular weight is 342 g/mol. The Hall–Kier alpha value is -3.16. The number of rotatable bonds is 2. The molecule has 3 N–H and O–H groups in total. The van der Waals surface area contributed by atoms with Gasteiger partial charge in [0.05, 0.1) is 11.6 Å². The van der Waals surface area contributed by atoms with Crippen LogP contribution in [0.2, 0.25) is 0 Å². The number of nitrogens with one attached hydrogen (secondary N) is 2. The van der Waals surface area contributed by atoms with E-state index in [-0.39, 0.29) is 30.2 Å². The van der Waals surface area contributed by atoms with Crippen molar-refractivity contribution in [2.45, 2.75) is 12.5 Å². The summed E-state index contributed by atoms with van der Waals surface area (Å²) >= 11 is 0. The second-order valence-corrected chi connectivity index (χ2v) is 5.94. The van der Waals surface area contributed by atoms with Crippen LogP contribution in [-0.2, 0) is 9.59 Å². The van der Waals surface area contributed by atoms with Crippen LogP contribution in [0.4, 0.5) is 0 Å². The van der Waals surface area contributed by atoms with Gasteiger partial charge in [0.15, 0.2) is 0 Å². The molecule has 0 spiro atoms. The van der Waals surface area contributed by atoms with Gasteiger partial charge in [-0.05, 0) is 6.07 Å². The van der Waals surface area contributed by atoms with Gasteiger partial charge < -0.3 is 20.3 Å². The van der Waals surface area contributed by atoms with Gasteiger partial charge in [0, 0.05) is 43.4 Å². The number of carbonyl (C=O) groups excluding carboxylic acids is 2. The number of nitrogens with zero attached hydrogens (tertiary/aromatic N) is 2. The van der Waals surface area contributed by atoms with Crippen molar-refractivity contribution < 1.29 is 19.5 Å². The van der Waals surface area contributed by atoms with Crippen LogP contribution in [0.1, 0.15) is 16.8 Å². The third-order valence-corrected chi connectivity index (χ3v) is 4.43. The monoisotopic (exact) mass is 342 g/mol. The lowest BCUT2D eigenvalue weighted by Gasteiger charge is -2.18. The molecule has 2 aliphatic heterocycles. The van der Waals surface area contributed by atoms with Crippen molar-refractivity contribution in [1.29, 1.82) is 0 Å². The topological polar surface area (TPSA) is 115 Å². The van der Waals surface area contributed by atoms with Gasteiger partial charge in [0.2, 0.25) is 5.91 Å². The van der Waals surface area contributed by atoms with E-state index < -0.39 is 0 Å². The summed E-state index contributed by atoms with van der Waals surface area (Å²) < 4.78 is 0. The lowest BCUT2D eigenvalue weighted by atomic mass is 10.0. The maximum Gasteiger partial charge on any atom is 0.290 e. The molecule has 130 valence electrons. The molecule has 1 aromatic carbocycles. The van der Waals surface area contributed by atoms with Gasteiger partial charge in [-0.3, -0.25) is 14.4 Å². The second kappa shape index (κ2) is 7.16. The summed E-state index contributed by atoms with van der Waals surface area (Å²) in [5.41, 5.74) is 1.45. The predicted octanol–water partition coefficient (Wildman–Crippen LogP) is 0.738. The number of hydrogen-bond donors (Lipinski definition) is 3. The summed E-state index contributed by atoms with van der Waals surface area (Å²) in [6, 6.07) is 7.58. The predicted molar refractivity (Wildman–Crippen MR) is 88.7 cm³/mol. The molecule has 0 bridgehead atoms. The Kier molecular flexibility index (Phi) is 4.78. The van der Waals surface area contributed by atoms with Crippen molar-refractivity contribution in [2.75, 3.05) is 13.1 Å². The third kappa shape index (κ3) is 3.37. The van der Waals surface area contributed by atoms with E-state index in [1.807, 2.05) is 29.2 Å². The number of likely N-dealkylation sites (tertiary alicyclic amines) is 1. The molecule has 2 atom stereocenters. The number of hydrogen-bond acceptors (Lipinski definition) is 4. The first-order valence-corrected chi connectivity index (χ1v) is 7.89. The lowest BCUT2D eigenvalue weighted by Crippen LogP contribution is -2.35. The average Bonchev–Trinajstić information content (AvgIpc) is 3.31. The summed E-state index contributed by atoms with van der Waals surface area (Å²) in [5, 5.41) is 9.83. The molecule has 0 saturated carbocycles. The Balaban J connectivity index is 0.000000569. The molecule has 25 heavy (non-hydrogen) atoms. The molecule has 1 aromatic heterocycles. The highest BCUT2D eigenvalue weighted by Crippen LogP contribution is 2.28. The molecular formula is C17H18N4O4. The fraction of sp³-hybridized carbons (Fsp3) is 0.294. The van der Waals surface area contributed by atoms with Crippen LogP contribution < -0.4 is 5.32 Å². The number of fused-ring (bicyclic) bond motifs is 1. The van der Waals surface area contributed by atoms with Crippen LogP contribution in [0.3, 0.4) is 0 Å². The number of imidazole rings is 1. The quantitative estimate of drug-likeness (QED) is 0.696. The van der Waals surface area contributed by atoms with Crippen LogP contribution >= 0.6 is 0 Å². The van der Waals surface area contributed by atoms with E-state index >= 15 is 0 Å². The molecule has 8 heteroatoms. The van der Waals surface area contributed by atoms with Crippen LogP contribution in [0.5, 0.6) is 0 Å². The highest BCUT2D eigenvalue weighted by Gasteiger charge is 2.41. The molecular weight excluding hydrogens is 324 g/mol. The summed E-state index contributed by atoms with van der Waals surface area (Å²) in [6.45, 7) is 0.969. The molecule has 3 heterocycles. The highest BCUT2D eigenvalue weighted by molar-refractivity contribution is 6.00. The standard InChI is InChI=1S/C16H16N4O2.CH2O2/c21-14-7-10-8-20(9-13(10)19-14)16(22)12-4-2-1-3-11(12)15-17-5-6-18-15;2-1-3/h1-6,10,13H,7-9H2,(H,17,18)(H,19,21);1H,(H,2,3)/t10-,13+;/m0./s1. The minimum atomic E-state index is -0.250. The Labute approximate surface area is 143 Å². The molecule has 2 aliphatic rings. The first-order valence-electron chi connectivity index (χ1n) is 7.89. The third-order valence-electron chi connectivity index (χ3n) is 4.43. The van der Waals surface area contributed by atoms with Crippen LogP contribution in [0, 0.1) is 5.92 Å². The Morgan fingerprint density at radius 3 is 2.76 bits per heavy atom. The molecule has 8 nitrogen and oxygen atoms in total. The number of amides is 2. The number of aromatic nitrogens is 2. The van der Waals surface area contributed by atoms with E-state index in [0.29, 0.717) is 30.9 Å². The smallest absolute Gasteiger partial charge is 0.290 e. The Bertz CT molecular complexity index is 759. The van der Waals surface area contributed by atoms with E-state index in [0.717, 1.165) is 5.56 Å². The fourth-order valence-corrected chi connectivity index (χ4v) is 3.37. The minimum Gasteiger partial charge on any atom is -0.483 e. The number of carboxylic acid groups (broad SMARTS) is 1. The van der Waals surface area contributed by atoms with Crippen molar-refractivity contribution in [3.63, 3.8) is 0 Å². The van der Waals surface area contributed by atoms with Gasteiger partial charge in [-0.1, -0.05) is 18.2 Å². The normalized spacial score (nSPS) is 21.1. The largest absolute Gasteiger partial charge is 0.483 e. The Morgan fingerprint density at radius 2 is 2.08 bits per heavy atom. The first kappa shape index (κ1) is 16.7. The molecule has 0 unspecified atom stereocenters. The zero-order chi connectivity index (χ0) is 17.8. The fourth-order valence-electron chi connectivity index (χ4n) is 3.37. The molecule has 2 aromatic rings. The molecule has 2 fully saturated rings. The summed E-state index contributed by atoms with van der Waals surface area (Å²) in [4.78, 5) is 41.7. The number of aromatic amines is 1. The zero-order valence-electron chi connectivity index (χ0n) is 13.4. The summed E-state index contributed by atoms with van der Waals surface area (Å²) in [7, 11) is 0. The molecule has 0 aliphatic carbocycles. The summed E-state index contributed by atoms with van der Waals surface area (Å²) in [5.74, 6) is 1.03. The van der Waals surface area contributed by atoms with E-state index in [2.05, 4.69) is 15.3 Å². The molecule has 2 saturated heterocycles. The van der Waals surface area contributed by atoms with Gasteiger partial charge in [-0.15, -0.1) is 0 Å². The van der Waals surface area contributed by atoms with Gasteiger partial charge in [0.1, 0.15) is 5.82 Å². The van der Waals surface area contributed by atoms with Crippen molar-refractivity contribution in [3.8, 4) is 11.4 Å². The van der Waals surface area contributed by atoms with Crippen LogP contribution in [0.25, 0.3) is 11.4 Å². The van der Waals surface area contributed by atoms with Gasteiger partial charge in [-0.2, -0.15) is 0 Å². The maximum atomic E-state index is 12.8. The summed E-state index contributed by atoms with van der Waals surface area (Å²) in [6.07, 6.45) is 3.94. The van der Waals surface area contributed by atoms with Crippen molar-refractivity contribution in [1.82, 2.24) is 20.2 Å². The van der Waals surface area contributed by atoms with E-state index in [4.69, 9.17) is 9.90 Å². The maximum absolute atomic E-state index is 12.8. The van der Waals surface area contributed by atoms with Gasteiger partial charge >= 0.3 is 0 Å². The number of benzene rings is 1. The van der Waals surface area contributed by atoms with Crippen molar-refractivity contribution in [3.05, 3.63) is 42.2 Å². The highest BCUT2D eigenvalue weighted by atomic mass is 16.3. The Morgan fingerprint density at radius 1 is 1.32 bits per heavy atom. The number of carbonyl (C=O) groups is 3. The SMILES string of the molecule is O=C1C[C@H]2CN(C(=O)c3ccccc3-c3ncc[nH]3)C[C@H]2N1.O=CO. The van der Waals surface area contributed by atoms with Crippen LogP contribution in [0.15, 0.2) is 36.7 Å². The van der Waals surface area contributed by atoms with Crippen molar-refractivity contribution in [2.24, 2.45) is 5.92 Å². The molecule has 0 radical (unpaired) electrons. The van der Waals surface area contributed by atoms with Gasteiger partial charge in [0.25, 0.3) is 12.4 Å². The van der Waals surface area contributed by atoms with Gasteiger partial charge in [-0.25, -0.2) is 4.98 Å². The van der Waals surface area contributed by atoms with E-state index in [1.54, 1.807) is 12.4 Å². The van der Waals surface area contributed by atoms with E-state index in [1.165, 1.54) is 0 Å². The molecule has 2 amide bonds. The minimum absolute atomic E-state index is 0.00403. The molecule has 4 rings (SSSR count). The first-order chi connectivity index (χ1) is 12.1. The zero-order valence-corrected chi connectivity index (χ0v) is 13.4. The number of H-pyrrole nitrogens is 1. The van der Waals surface area contributed by atoms with E-state index in [9.17, 15) is 9.59 Å². The lowest BCUT2D eigenvalue weighted by molar-refractivity contribution is -0.123. The second-order valence-electron chi connectivity index (χ2n) is 5.94. The van der Waals surface area contributed by atoms with Crippen LogP contribution in [-0.4, -0.2) is 57.4 Å². The van der Waals surface area contributed by atoms with Crippen molar-refractivity contribution >= 4 is 18.3 Å².